The number of aliphatic hydroxyl groups is 2. The van der Waals surface area contributed by atoms with Crippen LogP contribution in [0.3, 0.4) is 0 Å². The van der Waals surface area contributed by atoms with Crippen LogP contribution in [0, 0.1) is 11.3 Å². The zero-order valence-electron chi connectivity index (χ0n) is 19.7. The Balaban J connectivity index is 2.41. The van der Waals surface area contributed by atoms with E-state index >= 15 is 0 Å². The molecule has 0 saturated carbocycles. The molecule has 0 spiro atoms. The second kappa shape index (κ2) is 10.1. The van der Waals surface area contributed by atoms with Gasteiger partial charge in [-0.2, -0.15) is 5.26 Å². The molecule has 0 radical (unpaired) electrons. The average Bonchev–Trinajstić information content (AvgIpc) is 2.82. The van der Waals surface area contributed by atoms with Crippen molar-refractivity contribution in [3.05, 3.63) is 95.1 Å². The second-order valence-corrected chi connectivity index (χ2v) is 9.24. The van der Waals surface area contributed by atoms with Gasteiger partial charge in [-0.05, 0) is 41.2 Å². The van der Waals surface area contributed by atoms with Crippen molar-refractivity contribution in [2.75, 3.05) is 25.0 Å². The number of aliphatic hydroxyl groups excluding tert-OH is 2. The van der Waals surface area contributed by atoms with Crippen molar-refractivity contribution in [2.24, 2.45) is 0 Å². The Labute approximate surface area is 196 Å². The monoisotopic (exact) mass is 444 g/mol. The molecule has 5 heteroatoms. The normalized spacial score (nSPS) is 13.1. The highest BCUT2D eigenvalue weighted by atomic mass is 16.6. The van der Waals surface area contributed by atoms with Crippen molar-refractivity contribution in [2.45, 2.75) is 38.5 Å². The van der Waals surface area contributed by atoms with Crippen LogP contribution in [0.1, 0.15) is 49.9 Å². The highest BCUT2D eigenvalue weighted by Gasteiger charge is 2.37. The molecule has 5 nitrogen and oxygen atoms in total. The Bertz CT molecular complexity index is 1120. The molecule has 172 valence electrons. The summed E-state index contributed by atoms with van der Waals surface area (Å²) < 4.78 is 5.71. The van der Waals surface area contributed by atoms with Crippen LogP contribution < -0.4 is 9.64 Å². The maximum Gasteiger partial charge on any atom is 0.186 e. The summed E-state index contributed by atoms with van der Waals surface area (Å²) in [5.74, 6) is 0.586. The average molecular weight is 445 g/mol. The van der Waals surface area contributed by atoms with Gasteiger partial charge >= 0.3 is 0 Å². The van der Waals surface area contributed by atoms with E-state index in [1.165, 1.54) is 0 Å². The summed E-state index contributed by atoms with van der Waals surface area (Å²) in [6, 6.07) is 26.1. The molecule has 3 aromatic rings. The Hall–Kier alpha value is -3.33. The third kappa shape index (κ3) is 4.88. The van der Waals surface area contributed by atoms with E-state index in [1.54, 1.807) is 4.90 Å². The molecule has 0 fully saturated rings. The Kier molecular flexibility index (Phi) is 7.43. The van der Waals surface area contributed by atoms with Crippen LogP contribution in [-0.2, 0) is 10.8 Å². The van der Waals surface area contributed by atoms with Gasteiger partial charge in [0, 0.05) is 16.7 Å². The van der Waals surface area contributed by atoms with E-state index in [4.69, 9.17) is 4.74 Å². The van der Waals surface area contributed by atoms with Crippen molar-refractivity contribution in [1.82, 2.24) is 0 Å². The summed E-state index contributed by atoms with van der Waals surface area (Å²) in [5, 5.41) is 29.0. The summed E-state index contributed by atoms with van der Waals surface area (Å²) in [7, 11) is 0. The fourth-order valence-corrected chi connectivity index (χ4v) is 4.28. The fourth-order valence-electron chi connectivity index (χ4n) is 4.28. The lowest BCUT2D eigenvalue weighted by molar-refractivity contribution is 0.0969. The van der Waals surface area contributed by atoms with Crippen LogP contribution in [0.15, 0.2) is 72.8 Å². The number of benzene rings is 3. The molecule has 33 heavy (non-hydrogen) atoms. The van der Waals surface area contributed by atoms with Gasteiger partial charge in [-0.3, -0.25) is 0 Å². The molecule has 0 aliphatic heterocycles. The van der Waals surface area contributed by atoms with E-state index in [-0.39, 0.29) is 18.7 Å². The third-order valence-electron chi connectivity index (χ3n) is 6.17. The van der Waals surface area contributed by atoms with Crippen LogP contribution in [0.25, 0.3) is 0 Å². The smallest absolute Gasteiger partial charge is 0.186 e. The summed E-state index contributed by atoms with van der Waals surface area (Å²) >= 11 is 0. The first kappa shape index (κ1) is 24.3. The molecule has 1 unspecified atom stereocenters. The Morgan fingerprint density at radius 2 is 1.52 bits per heavy atom. The van der Waals surface area contributed by atoms with Crippen LogP contribution in [0.5, 0.6) is 5.75 Å². The minimum atomic E-state index is -0.702. The van der Waals surface area contributed by atoms with Crippen molar-refractivity contribution in [3.63, 3.8) is 0 Å². The summed E-state index contributed by atoms with van der Waals surface area (Å²) in [4.78, 5) is 1.65. The topological polar surface area (TPSA) is 76.7 Å². The molecule has 0 aromatic heterocycles. The minimum absolute atomic E-state index is 0.0560. The predicted octanol–water partition coefficient (Wildman–Crippen LogP) is 4.95. The lowest BCUT2D eigenvalue weighted by Gasteiger charge is -2.37. The predicted molar refractivity (Wildman–Crippen MR) is 131 cm³/mol. The zero-order valence-corrected chi connectivity index (χ0v) is 19.7. The second-order valence-electron chi connectivity index (χ2n) is 9.24. The van der Waals surface area contributed by atoms with Crippen LogP contribution in [-0.4, -0.2) is 30.3 Å². The molecule has 0 aliphatic rings. The summed E-state index contributed by atoms with van der Waals surface area (Å²) in [5.41, 5.74) is 3.96. The quantitative estimate of drug-likeness (QED) is 0.292. The van der Waals surface area contributed by atoms with E-state index < -0.39 is 12.2 Å². The molecule has 2 N–H and O–H groups in total. The maximum atomic E-state index is 10.0. The number of para-hydroxylation sites is 1. The summed E-state index contributed by atoms with van der Waals surface area (Å²) in [6.45, 7) is 7.94. The van der Waals surface area contributed by atoms with E-state index in [2.05, 4.69) is 52.0 Å². The zero-order chi connectivity index (χ0) is 24.1. The molecule has 0 amide bonds. The number of anilines is 1. The van der Waals surface area contributed by atoms with Gasteiger partial charge in [-0.1, -0.05) is 81.4 Å². The van der Waals surface area contributed by atoms with E-state index in [1.807, 2.05) is 54.6 Å². The Morgan fingerprint density at radius 3 is 2.12 bits per heavy atom. The van der Waals surface area contributed by atoms with Gasteiger partial charge in [-0.15, -0.1) is 0 Å². The highest BCUT2D eigenvalue weighted by Crippen LogP contribution is 2.47. The molecular formula is C28H32N2O3. The van der Waals surface area contributed by atoms with E-state index in [0.29, 0.717) is 5.75 Å². The minimum Gasteiger partial charge on any atom is -0.467 e. The third-order valence-corrected chi connectivity index (χ3v) is 6.17. The lowest BCUT2D eigenvalue weighted by Crippen LogP contribution is -2.32. The van der Waals surface area contributed by atoms with Crippen LogP contribution in [0.4, 0.5) is 5.69 Å². The molecule has 3 aromatic carbocycles. The number of nitriles is 1. The molecular weight excluding hydrogens is 412 g/mol. The molecule has 3 rings (SSSR count). The van der Waals surface area contributed by atoms with E-state index in [0.717, 1.165) is 27.9 Å². The molecule has 0 saturated heterocycles. The summed E-state index contributed by atoms with van der Waals surface area (Å²) in [6.07, 6.45) is 0. The first-order valence-corrected chi connectivity index (χ1v) is 11.0. The number of nitrogens with zero attached hydrogens (tertiary/aromatic N) is 2. The number of hydrogen-bond donors (Lipinski definition) is 2. The van der Waals surface area contributed by atoms with Gasteiger partial charge in [-0.25, -0.2) is 0 Å². The Morgan fingerprint density at radius 1 is 0.848 bits per heavy atom. The highest BCUT2D eigenvalue weighted by molar-refractivity contribution is 5.66. The van der Waals surface area contributed by atoms with Gasteiger partial charge in [0.05, 0.1) is 6.07 Å². The standard InChI is InChI=1S/C28H32N2O3/c1-27(2,3)22-14-15-26(33-20-32)24(18-22)28(4,21-10-6-5-7-11-21)23-12-8-9-13-25(23)30(19-31)17-16-29/h5-15,18,31-32H,17,19-20H2,1-4H3. The van der Waals surface area contributed by atoms with Gasteiger partial charge < -0.3 is 19.8 Å². The first-order valence-electron chi connectivity index (χ1n) is 11.0. The number of rotatable bonds is 8. The van der Waals surface area contributed by atoms with Crippen LogP contribution in [0.2, 0.25) is 0 Å². The fraction of sp³-hybridized carbons (Fsp3) is 0.321. The van der Waals surface area contributed by atoms with Crippen molar-refractivity contribution in [1.29, 1.82) is 5.26 Å². The number of ether oxygens (including phenoxy) is 1. The van der Waals surface area contributed by atoms with Gasteiger partial charge in [0.25, 0.3) is 0 Å². The van der Waals surface area contributed by atoms with E-state index in [9.17, 15) is 15.5 Å². The molecule has 1 atom stereocenters. The number of hydrogen-bond acceptors (Lipinski definition) is 5. The maximum absolute atomic E-state index is 10.0. The van der Waals surface area contributed by atoms with Crippen molar-refractivity contribution < 1.29 is 14.9 Å². The van der Waals surface area contributed by atoms with Crippen molar-refractivity contribution in [3.8, 4) is 11.8 Å². The molecule has 0 aliphatic carbocycles. The van der Waals surface area contributed by atoms with Crippen LogP contribution >= 0.6 is 0 Å². The lowest BCUT2D eigenvalue weighted by atomic mass is 9.69. The molecule has 0 heterocycles. The van der Waals surface area contributed by atoms with Crippen molar-refractivity contribution >= 4 is 5.69 Å². The van der Waals surface area contributed by atoms with Gasteiger partial charge in [0.2, 0.25) is 0 Å². The largest absolute Gasteiger partial charge is 0.467 e. The van der Waals surface area contributed by atoms with Gasteiger partial charge in [0.15, 0.2) is 6.79 Å². The SMILES string of the molecule is CC(C)(C)c1ccc(OCO)c(C(C)(c2ccccc2)c2ccccc2N(CO)CC#N)c1. The first-order chi connectivity index (χ1) is 15.8. The van der Waals surface area contributed by atoms with Gasteiger partial charge in [0.1, 0.15) is 19.0 Å². The molecule has 0 bridgehead atoms.